The molecule has 0 amide bonds. The lowest BCUT2D eigenvalue weighted by molar-refractivity contribution is 0.257. The number of fused-ring (bicyclic) bond motifs is 1. The molecule has 2 atom stereocenters. The smallest absolute Gasteiger partial charge is 0.00676 e. The number of benzene rings is 1. The second kappa shape index (κ2) is 6.06. The van der Waals surface area contributed by atoms with Crippen molar-refractivity contribution in [2.45, 2.75) is 44.6 Å². The van der Waals surface area contributed by atoms with Crippen LogP contribution < -0.4 is 5.73 Å². The van der Waals surface area contributed by atoms with Gasteiger partial charge in [0.2, 0.25) is 0 Å². The van der Waals surface area contributed by atoms with Gasteiger partial charge in [-0.25, -0.2) is 0 Å². The van der Waals surface area contributed by atoms with Gasteiger partial charge >= 0.3 is 0 Å². The van der Waals surface area contributed by atoms with Crippen LogP contribution in [0.2, 0.25) is 0 Å². The van der Waals surface area contributed by atoms with Crippen LogP contribution in [0.15, 0.2) is 24.3 Å². The molecule has 1 aliphatic heterocycles. The fourth-order valence-electron chi connectivity index (χ4n) is 3.71. The van der Waals surface area contributed by atoms with Crippen LogP contribution in [-0.2, 0) is 12.8 Å². The highest BCUT2D eigenvalue weighted by atomic mass is 15.1. The maximum atomic E-state index is 6.18. The molecule has 1 heterocycles. The first kappa shape index (κ1) is 13.1. The fourth-order valence-corrected chi connectivity index (χ4v) is 3.71. The van der Waals surface area contributed by atoms with E-state index in [-0.39, 0.29) is 0 Å². The van der Waals surface area contributed by atoms with Crippen molar-refractivity contribution >= 4 is 0 Å². The first-order chi connectivity index (χ1) is 9.33. The Kier molecular flexibility index (Phi) is 4.19. The summed E-state index contributed by atoms with van der Waals surface area (Å²) in [5.74, 6) is 0.783. The Morgan fingerprint density at radius 1 is 1.05 bits per heavy atom. The van der Waals surface area contributed by atoms with Crippen LogP contribution in [0.5, 0.6) is 0 Å². The zero-order valence-electron chi connectivity index (χ0n) is 11.9. The maximum absolute atomic E-state index is 6.18. The number of rotatable bonds is 3. The molecular formula is C17H26N2. The Hall–Kier alpha value is -0.860. The normalized spacial score (nSPS) is 28.1. The predicted molar refractivity (Wildman–Crippen MR) is 80.2 cm³/mol. The molecule has 0 bridgehead atoms. The van der Waals surface area contributed by atoms with Gasteiger partial charge in [0, 0.05) is 19.1 Å². The summed E-state index contributed by atoms with van der Waals surface area (Å²) in [5, 5.41) is 0. The van der Waals surface area contributed by atoms with E-state index in [1.807, 2.05) is 0 Å². The quantitative estimate of drug-likeness (QED) is 0.903. The molecular weight excluding hydrogens is 232 g/mol. The summed E-state index contributed by atoms with van der Waals surface area (Å²) in [7, 11) is 0. The standard InChI is InChI=1S/C17H26N2/c18-17-7-3-6-16(17)10-13-19-11-8-14-4-1-2-5-15(14)9-12-19/h1-2,4-5,16-17H,3,6-13,18H2. The van der Waals surface area contributed by atoms with Gasteiger partial charge in [-0.3, -0.25) is 0 Å². The van der Waals surface area contributed by atoms with Crippen molar-refractivity contribution < 1.29 is 0 Å². The minimum atomic E-state index is 0.476. The molecule has 2 nitrogen and oxygen atoms in total. The van der Waals surface area contributed by atoms with Crippen LogP contribution in [-0.4, -0.2) is 30.6 Å². The molecule has 19 heavy (non-hydrogen) atoms. The van der Waals surface area contributed by atoms with E-state index in [0.29, 0.717) is 6.04 Å². The summed E-state index contributed by atoms with van der Waals surface area (Å²) in [6, 6.07) is 9.42. The topological polar surface area (TPSA) is 29.3 Å². The van der Waals surface area contributed by atoms with E-state index >= 15 is 0 Å². The van der Waals surface area contributed by atoms with Crippen LogP contribution in [0.4, 0.5) is 0 Å². The van der Waals surface area contributed by atoms with E-state index in [1.54, 1.807) is 11.1 Å². The Labute approximate surface area is 117 Å². The molecule has 104 valence electrons. The number of hydrogen-bond acceptors (Lipinski definition) is 2. The summed E-state index contributed by atoms with van der Waals surface area (Å²) >= 11 is 0. The SMILES string of the molecule is NC1CCCC1CCN1CCc2ccccc2CC1. The zero-order valence-corrected chi connectivity index (χ0v) is 11.9. The molecule has 0 aromatic heterocycles. The largest absolute Gasteiger partial charge is 0.327 e. The van der Waals surface area contributed by atoms with Crippen LogP contribution in [0.1, 0.15) is 36.8 Å². The van der Waals surface area contributed by atoms with E-state index in [2.05, 4.69) is 29.2 Å². The van der Waals surface area contributed by atoms with E-state index in [1.165, 1.54) is 58.2 Å². The summed E-state index contributed by atoms with van der Waals surface area (Å²) < 4.78 is 0. The van der Waals surface area contributed by atoms with Gasteiger partial charge in [0.05, 0.1) is 0 Å². The van der Waals surface area contributed by atoms with Crippen molar-refractivity contribution in [2.24, 2.45) is 11.7 Å². The molecule has 0 radical (unpaired) electrons. The van der Waals surface area contributed by atoms with Crippen LogP contribution in [0.25, 0.3) is 0 Å². The molecule has 1 fully saturated rings. The second-order valence-electron chi connectivity index (χ2n) is 6.25. The monoisotopic (exact) mass is 258 g/mol. The minimum absolute atomic E-state index is 0.476. The van der Waals surface area contributed by atoms with Crippen molar-refractivity contribution in [2.75, 3.05) is 19.6 Å². The van der Waals surface area contributed by atoms with Gasteiger partial charge in [0.25, 0.3) is 0 Å². The minimum Gasteiger partial charge on any atom is -0.327 e. The van der Waals surface area contributed by atoms with E-state index < -0.39 is 0 Å². The molecule has 0 spiro atoms. The molecule has 2 N–H and O–H groups in total. The lowest BCUT2D eigenvalue weighted by Gasteiger charge is -2.23. The Morgan fingerprint density at radius 3 is 2.32 bits per heavy atom. The summed E-state index contributed by atoms with van der Waals surface area (Å²) in [5.41, 5.74) is 9.29. The summed E-state index contributed by atoms with van der Waals surface area (Å²) in [6.07, 6.45) is 7.68. The molecule has 2 aliphatic rings. The van der Waals surface area contributed by atoms with Crippen molar-refractivity contribution in [3.63, 3.8) is 0 Å². The molecule has 2 heteroatoms. The average Bonchev–Trinajstić information content (AvgIpc) is 2.73. The Morgan fingerprint density at radius 2 is 1.74 bits per heavy atom. The third kappa shape index (κ3) is 3.18. The molecule has 1 aliphatic carbocycles. The van der Waals surface area contributed by atoms with Gasteiger partial charge < -0.3 is 10.6 Å². The summed E-state index contributed by atoms with van der Waals surface area (Å²) in [6.45, 7) is 3.68. The highest BCUT2D eigenvalue weighted by molar-refractivity contribution is 5.28. The molecule has 3 rings (SSSR count). The van der Waals surface area contributed by atoms with E-state index in [4.69, 9.17) is 5.73 Å². The molecule has 1 aromatic rings. The Bertz CT molecular complexity index is 388. The van der Waals surface area contributed by atoms with Gasteiger partial charge in [0.15, 0.2) is 0 Å². The maximum Gasteiger partial charge on any atom is 0.00676 e. The van der Waals surface area contributed by atoms with Gasteiger partial charge in [-0.2, -0.15) is 0 Å². The van der Waals surface area contributed by atoms with Gasteiger partial charge in [0.1, 0.15) is 0 Å². The first-order valence-electron chi connectivity index (χ1n) is 7.87. The predicted octanol–water partition coefficient (Wildman–Crippen LogP) is 2.60. The van der Waals surface area contributed by atoms with Gasteiger partial charge in [-0.15, -0.1) is 0 Å². The lowest BCUT2D eigenvalue weighted by Crippen LogP contribution is -2.32. The van der Waals surface area contributed by atoms with Crippen molar-refractivity contribution in [3.8, 4) is 0 Å². The zero-order chi connectivity index (χ0) is 13.1. The van der Waals surface area contributed by atoms with Gasteiger partial charge in [-0.05, 0) is 55.7 Å². The molecule has 2 unspecified atom stereocenters. The molecule has 1 aromatic carbocycles. The van der Waals surface area contributed by atoms with Crippen molar-refractivity contribution in [1.29, 1.82) is 0 Å². The fraction of sp³-hybridized carbons (Fsp3) is 0.647. The average molecular weight is 258 g/mol. The number of hydrogen-bond donors (Lipinski definition) is 1. The van der Waals surface area contributed by atoms with Crippen LogP contribution in [0, 0.1) is 5.92 Å². The van der Waals surface area contributed by atoms with Crippen molar-refractivity contribution in [1.82, 2.24) is 4.90 Å². The lowest BCUT2D eigenvalue weighted by atomic mass is 10.00. The number of nitrogens with zero attached hydrogens (tertiary/aromatic N) is 1. The first-order valence-corrected chi connectivity index (χ1v) is 7.87. The Balaban J connectivity index is 1.51. The number of nitrogens with two attached hydrogens (primary N) is 1. The third-order valence-electron chi connectivity index (χ3n) is 5.05. The van der Waals surface area contributed by atoms with Gasteiger partial charge in [-0.1, -0.05) is 30.7 Å². The van der Waals surface area contributed by atoms with Crippen molar-refractivity contribution in [3.05, 3.63) is 35.4 Å². The van der Waals surface area contributed by atoms with Crippen LogP contribution in [0.3, 0.4) is 0 Å². The molecule has 0 saturated heterocycles. The highest BCUT2D eigenvalue weighted by Gasteiger charge is 2.24. The molecule has 1 saturated carbocycles. The highest BCUT2D eigenvalue weighted by Crippen LogP contribution is 2.27. The van der Waals surface area contributed by atoms with Crippen LogP contribution >= 0.6 is 0 Å². The van der Waals surface area contributed by atoms with E-state index in [0.717, 1.165) is 5.92 Å². The third-order valence-corrected chi connectivity index (χ3v) is 5.05. The summed E-state index contributed by atoms with van der Waals surface area (Å²) in [4.78, 5) is 2.64. The second-order valence-corrected chi connectivity index (χ2v) is 6.25. The van der Waals surface area contributed by atoms with E-state index in [9.17, 15) is 0 Å².